The van der Waals surface area contributed by atoms with Crippen molar-refractivity contribution >= 4 is 23.2 Å². The molecule has 0 radical (unpaired) electrons. The van der Waals surface area contributed by atoms with Gasteiger partial charge < -0.3 is 20.2 Å². The summed E-state index contributed by atoms with van der Waals surface area (Å²) >= 11 is 1.60. The van der Waals surface area contributed by atoms with Crippen molar-refractivity contribution < 1.29 is 32.3 Å². The van der Waals surface area contributed by atoms with E-state index in [0.29, 0.717) is 24.0 Å². The van der Waals surface area contributed by atoms with E-state index in [9.17, 15) is 18.0 Å². The molecule has 2 aromatic heterocycles. The number of carbonyl (C=O) groups is 2. The summed E-state index contributed by atoms with van der Waals surface area (Å²) < 4.78 is 37.4. The number of carboxylic acid groups (broad SMARTS) is 1. The Bertz CT molecular complexity index is 1200. The number of furan rings is 1. The van der Waals surface area contributed by atoms with Crippen LogP contribution in [0.25, 0.3) is 0 Å². The molecule has 1 aromatic carbocycles. The van der Waals surface area contributed by atoms with Gasteiger partial charge in [-0.2, -0.15) is 24.5 Å². The molecule has 3 heterocycles. The SMILES string of the molecule is NCc1cccc(C2CCN(C(=O)c3ccc(C#Cc4ccsc4)o3)CC2)c1.O=C(O)C(F)(F)F. The van der Waals surface area contributed by atoms with Crippen molar-refractivity contribution in [3.63, 3.8) is 0 Å². The maximum absolute atomic E-state index is 12.8. The number of rotatable bonds is 3. The fourth-order valence-electron chi connectivity index (χ4n) is 3.54. The molecule has 1 aliphatic heterocycles. The van der Waals surface area contributed by atoms with Crippen LogP contribution in [0.3, 0.4) is 0 Å². The van der Waals surface area contributed by atoms with E-state index in [4.69, 9.17) is 20.1 Å². The molecular formula is C25H23F3N2O4S. The molecule has 0 atom stereocenters. The molecule has 3 N–H and O–H groups in total. The van der Waals surface area contributed by atoms with E-state index in [-0.39, 0.29) is 5.91 Å². The summed E-state index contributed by atoms with van der Waals surface area (Å²) in [7, 11) is 0. The molecule has 0 bridgehead atoms. The highest BCUT2D eigenvalue weighted by Gasteiger charge is 2.38. The lowest BCUT2D eigenvalue weighted by Crippen LogP contribution is -2.37. The number of hydrogen-bond acceptors (Lipinski definition) is 5. The average molecular weight is 505 g/mol. The first-order chi connectivity index (χ1) is 16.7. The minimum Gasteiger partial charge on any atom is -0.475 e. The van der Waals surface area contributed by atoms with Gasteiger partial charge in [-0.25, -0.2) is 4.79 Å². The molecule has 35 heavy (non-hydrogen) atoms. The summed E-state index contributed by atoms with van der Waals surface area (Å²) in [5.41, 5.74) is 9.18. The number of aliphatic carboxylic acids is 1. The molecule has 0 aliphatic carbocycles. The molecule has 6 nitrogen and oxygen atoms in total. The fourth-order valence-corrected chi connectivity index (χ4v) is 4.12. The summed E-state index contributed by atoms with van der Waals surface area (Å²) in [5, 5.41) is 11.1. The first-order valence-corrected chi connectivity index (χ1v) is 11.6. The van der Waals surface area contributed by atoms with Gasteiger partial charge >= 0.3 is 12.1 Å². The van der Waals surface area contributed by atoms with Crippen LogP contribution in [0.15, 0.2) is 57.6 Å². The van der Waals surface area contributed by atoms with Crippen LogP contribution in [0.5, 0.6) is 0 Å². The molecule has 3 aromatic rings. The molecule has 1 aliphatic rings. The third kappa shape index (κ3) is 7.47. The number of benzene rings is 1. The minimum absolute atomic E-state index is 0.0576. The molecule has 0 spiro atoms. The highest BCUT2D eigenvalue weighted by molar-refractivity contribution is 7.08. The van der Waals surface area contributed by atoms with Crippen molar-refractivity contribution in [3.05, 3.63) is 81.4 Å². The highest BCUT2D eigenvalue weighted by Crippen LogP contribution is 2.29. The van der Waals surface area contributed by atoms with E-state index >= 15 is 0 Å². The lowest BCUT2D eigenvalue weighted by molar-refractivity contribution is -0.192. The summed E-state index contributed by atoms with van der Waals surface area (Å²) in [4.78, 5) is 23.5. The van der Waals surface area contributed by atoms with Crippen molar-refractivity contribution in [2.45, 2.75) is 31.5 Å². The highest BCUT2D eigenvalue weighted by atomic mass is 32.1. The van der Waals surface area contributed by atoms with E-state index in [0.717, 1.165) is 37.1 Å². The number of thiophene rings is 1. The molecule has 184 valence electrons. The summed E-state index contributed by atoms with van der Waals surface area (Å²) in [5.74, 6) is 4.55. The first-order valence-electron chi connectivity index (χ1n) is 10.7. The minimum atomic E-state index is -5.08. The predicted octanol–water partition coefficient (Wildman–Crippen LogP) is 4.85. The smallest absolute Gasteiger partial charge is 0.475 e. The van der Waals surface area contributed by atoms with Crippen LogP contribution < -0.4 is 5.73 Å². The Balaban J connectivity index is 0.000000429. The van der Waals surface area contributed by atoms with Crippen molar-refractivity contribution in [3.8, 4) is 11.8 Å². The van der Waals surface area contributed by atoms with Crippen LogP contribution in [-0.4, -0.2) is 41.1 Å². The van der Waals surface area contributed by atoms with Crippen molar-refractivity contribution in [2.75, 3.05) is 13.1 Å². The molecule has 10 heteroatoms. The van der Waals surface area contributed by atoms with Crippen molar-refractivity contribution in [2.24, 2.45) is 5.73 Å². The van der Waals surface area contributed by atoms with Gasteiger partial charge in [0.05, 0.1) is 0 Å². The van der Waals surface area contributed by atoms with Gasteiger partial charge in [0, 0.05) is 30.6 Å². The lowest BCUT2D eigenvalue weighted by Gasteiger charge is -2.31. The summed E-state index contributed by atoms with van der Waals surface area (Å²) in [6, 6.07) is 13.9. The third-order valence-corrected chi connectivity index (χ3v) is 6.03. The number of carboxylic acids is 1. The van der Waals surface area contributed by atoms with Crippen LogP contribution in [0.2, 0.25) is 0 Å². The number of carbonyl (C=O) groups excluding carboxylic acids is 1. The zero-order valence-electron chi connectivity index (χ0n) is 18.5. The van der Waals surface area contributed by atoms with Gasteiger partial charge in [0.15, 0.2) is 11.5 Å². The Morgan fingerprint density at radius 1 is 1.14 bits per heavy atom. The topological polar surface area (TPSA) is 96.8 Å². The number of nitrogens with zero attached hydrogens (tertiary/aromatic N) is 1. The molecule has 0 saturated carbocycles. The van der Waals surface area contributed by atoms with E-state index in [1.807, 2.05) is 21.7 Å². The van der Waals surface area contributed by atoms with Gasteiger partial charge in [-0.05, 0) is 59.4 Å². The number of amides is 1. The standard InChI is InChI=1S/C23H22N2O2S.C2HF3O2/c24-15-18-2-1-3-20(14-18)19-8-11-25(12-9-19)23(26)22-7-6-21(27-22)5-4-17-10-13-28-16-17;3-2(4,5)1(6)7/h1-3,6-7,10,13-14,16,19H,8-9,11-12,15,24H2;(H,6,7). The van der Waals surface area contributed by atoms with Crippen LogP contribution in [0, 0.1) is 11.8 Å². The zero-order chi connectivity index (χ0) is 25.4. The van der Waals surface area contributed by atoms with E-state index in [2.05, 4.69) is 36.1 Å². The molecule has 0 unspecified atom stereocenters. The number of likely N-dealkylation sites (tertiary alicyclic amines) is 1. The van der Waals surface area contributed by atoms with Crippen LogP contribution in [-0.2, 0) is 11.3 Å². The largest absolute Gasteiger partial charge is 0.490 e. The van der Waals surface area contributed by atoms with Gasteiger partial charge in [0.1, 0.15) is 0 Å². The monoisotopic (exact) mass is 504 g/mol. The van der Waals surface area contributed by atoms with E-state index in [1.54, 1.807) is 23.5 Å². The second-order valence-corrected chi connectivity index (χ2v) is 8.52. The van der Waals surface area contributed by atoms with E-state index in [1.165, 1.54) is 5.56 Å². The Labute approximate surface area is 204 Å². The second-order valence-electron chi connectivity index (χ2n) is 7.74. The number of hydrogen-bond donors (Lipinski definition) is 2. The first kappa shape index (κ1) is 26.1. The Hall–Kier alpha value is -3.55. The van der Waals surface area contributed by atoms with Crippen LogP contribution in [0.4, 0.5) is 13.2 Å². The predicted molar refractivity (Wildman–Crippen MR) is 125 cm³/mol. The number of halogens is 3. The summed E-state index contributed by atoms with van der Waals surface area (Å²) in [6.45, 7) is 2.02. The number of alkyl halides is 3. The van der Waals surface area contributed by atoms with Gasteiger partial charge in [0.2, 0.25) is 0 Å². The third-order valence-electron chi connectivity index (χ3n) is 5.35. The maximum atomic E-state index is 12.8. The number of nitrogens with two attached hydrogens (primary N) is 1. The molecular weight excluding hydrogens is 481 g/mol. The van der Waals surface area contributed by atoms with E-state index < -0.39 is 12.1 Å². The Kier molecular flexibility index (Phi) is 8.73. The van der Waals surface area contributed by atoms with Crippen molar-refractivity contribution in [1.29, 1.82) is 0 Å². The second kappa shape index (κ2) is 11.7. The molecule has 1 fully saturated rings. The quantitative estimate of drug-likeness (QED) is 0.497. The van der Waals surface area contributed by atoms with Gasteiger partial charge in [-0.15, -0.1) is 0 Å². The van der Waals surface area contributed by atoms with Crippen LogP contribution in [0.1, 0.15) is 51.8 Å². The fraction of sp³-hybridized carbons (Fsp3) is 0.280. The molecule has 1 amide bonds. The van der Waals surface area contributed by atoms with Gasteiger partial charge in [0.25, 0.3) is 5.91 Å². The normalized spacial score (nSPS) is 13.9. The Morgan fingerprint density at radius 2 is 1.86 bits per heavy atom. The van der Waals surface area contributed by atoms with Crippen molar-refractivity contribution in [1.82, 2.24) is 4.90 Å². The Morgan fingerprint density at radius 3 is 2.46 bits per heavy atom. The number of piperidine rings is 1. The van der Waals surface area contributed by atoms with Gasteiger partial charge in [-0.3, -0.25) is 4.79 Å². The maximum Gasteiger partial charge on any atom is 0.490 e. The average Bonchev–Trinajstić information content (AvgIpc) is 3.54. The molecule has 4 rings (SSSR count). The summed E-state index contributed by atoms with van der Waals surface area (Å²) in [6.07, 6.45) is -3.18. The zero-order valence-corrected chi connectivity index (χ0v) is 19.4. The van der Waals surface area contributed by atoms with Gasteiger partial charge in [-0.1, -0.05) is 30.2 Å². The molecule has 1 saturated heterocycles. The van der Waals surface area contributed by atoms with Crippen LogP contribution >= 0.6 is 11.3 Å². The lowest BCUT2D eigenvalue weighted by atomic mass is 9.88.